The number of hydrogen-bond acceptors (Lipinski definition) is 5. The second kappa shape index (κ2) is 10.2. The third-order valence-corrected chi connectivity index (χ3v) is 6.52. The van der Waals surface area contributed by atoms with Crippen LogP contribution in [-0.4, -0.2) is 24.9 Å². The van der Waals surface area contributed by atoms with Crippen LogP contribution in [0.25, 0.3) is 56.2 Å². The number of benzene rings is 2. The Morgan fingerprint density at radius 3 is 1.41 bits per heavy atom. The highest BCUT2D eigenvalue weighted by molar-refractivity contribution is 9.10. The second-order valence-electron chi connectivity index (χ2n) is 8.48. The van der Waals surface area contributed by atoms with Crippen molar-refractivity contribution in [2.45, 2.75) is 0 Å². The van der Waals surface area contributed by atoms with E-state index in [1.54, 1.807) is 37.2 Å². The third kappa shape index (κ3) is 5.06. The van der Waals surface area contributed by atoms with Gasteiger partial charge in [0.25, 0.3) is 0 Å². The van der Waals surface area contributed by atoms with Crippen molar-refractivity contribution >= 4 is 15.9 Å². The van der Waals surface area contributed by atoms with Crippen molar-refractivity contribution in [2.24, 2.45) is 0 Å². The highest BCUT2D eigenvalue weighted by Gasteiger charge is 2.13. The first-order chi connectivity index (χ1) is 18.2. The van der Waals surface area contributed by atoms with Crippen molar-refractivity contribution < 1.29 is 0 Å². The van der Waals surface area contributed by atoms with E-state index in [1.165, 1.54) is 0 Å². The number of pyridine rings is 3. The van der Waals surface area contributed by atoms with E-state index in [0.29, 0.717) is 5.82 Å². The van der Waals surface area contributed by atoms with E-state index in [-0.39, 0.29) is 0 Å². The molecule has 0 saturated carbocycles. The molecule has 2 aromatic carbocycles. The standard InChI is InChI=1S/C31H20BrN5/c32-28-18-26(23-7-13-34-14-8-23)17-27(19-28)30-20-29(36-31(37-30)25-9-15-35-16-10-25)24-3-1-21(2-4-24)22-5-11-33-12-6-22/h1-20H. The Kier molecular flexibility index (Phi) is 6.31. The van der Waals surface area contributed by atoms with Gasteiger partial charge in [-0.25, -0.2) is 9.97 Å². The van der Waals surface area contributed by atoms with Gasteiger partial charge >= 0.3 is 0 Å². The molecule has 0 radical (unpaired) electrons. The average Bonchev–Trinajstić information content (AvgIpc) is 2.98. The van der Waals surface area contributed by atoms with E-state index >= 15 is 0 Å². The summed E-state index contributed by atoms with van der Waals surface area (Å²) in [5, 5.41) is 0. The quantitative estimate of drug-likeness (QED) is 0.223. The van der Waals surface area contributed by atoms with Gasteiger partial charge in [0.1, 0.15) is 0 Å². The minimum atomic E-state index is 0.651. The van der Waals surface area contributed by atoms with Crippen LogP contribution in [0, 0.1) is 0 Å². The van der Waals surface area contributed by atoms with Crippen LogP contribution in [0.3, 0.4) is 0 Å². The number of halogens is 1. The molecule has 0 bridgehead atoms. The van der Waals surface area contributed by atoms with E-state index in [1.807, 2.05) is 42.5 Å². The molecule has 37 heavy (non-hydrogen) atoms. The van der Waals surface area contributed by atoms with Crippen molar-refractivity contribution in [3.8, 4) is 56.2 Å². The van der Waals surface area contributed by atoms with Gasteiger partial charge in [-0.1, -0.05) is 40.2 Å². The molecule has 0 aliphatic carbocycles. The highest BCUT2D eigenvalue weighted by Crippen LogP contribution is 2.33. The van der Waals surface area contributed by atoms with Crippen molar-refractivity contribution in [2.75, 3.05) is 0 Å². The fourth-order valence-electron chi connectivity index (χ4n) is 4.20. The fourth-order valence-corrected chi connectivity index (χ4v) is 4.69. The zero-order valence-electron chi connectivity index (χ0n) is 19.7. The van der Waals surface area contributed by atoms with Gasteiger partial charge in [0.15, 0.2) is 5.82 Å². The number of hydrogen-bond donors (Lipinski definition) is 0. The van der Waals surface area contributed by atoms with Gasteiger partial charge in [0, 0.05) is 58.3 Å². The third-order valence-electron chi connectivity index (χ3n) is 6.07. The molecule has 6 aromatic rings. The number of nitrogens with zero attached hydrogens (tertiary/aromatic N) is 5. The summed E-state index contributed by atoms with van der Waals surface area (Å²) in [6, 6.07) is 28.7. The first kappa shape index (κ1) is 22.9. The van der Waals surface area contributed by atoms with E-state index < -0.39 is 0 Å². The predicted octanol–water partition coefficient (Wildman–Crippen LogP) is 7.76. The van der Waals surface area contributed by atoms with Crippen molar-refractivity contribution in [1.82, 2.24) is 24.9 Å². The lowest BCUT2D eigenvalue weighted by Crippen LogP contribution is -1.96. The molecule has 0 amide bonds. The summed E-state index contributed by atoms with van der Waals surface area (Å²) in [6.45, 7) is 0. The Morgan fingerprint density at radius 1 is 0.378 bits per heavy atom. The Hall–Kier alpha value is -4.55. The van der Waals surface area contributed by atoms with Crippen LogP contribution in [0.15, 0.2) is 127 Å². The van der Waals surface area contributed by atoms with Crippen LogP contribution in [0.1, 0.15) is 0 Å². The molecule has 4 heterocycles. The van der Waals surface area contributed by atoms with Crippen LogP contribution in [0.2, 0.25) is 0 Å². The van der Waals surface area contributed by atoms with Crippen LogP contribution in [-0.2, 0) is 0 Å². The summed E-state index contributed by atoms with van der Waals surface area (Å²) in [4.78, 5) is 22.3. The van der Waals surface area contributed by atoms with Gasteiger partial charge in [-0.3, -0.25) is 15.0 Å². The first-order valence-corrected chi connectivity index (χ1v) is 12.5. The molecule has 6 heteroatoms. The summed E-state index contributed by atoms with van der Waals surface area (Å²) >= 11 is 3.69. The van der Waals surface area contributed by atoms with E-state index in [2.05, 4.69) is 73.3 Å². The normalized spacial score (nSPS) is 10.8. The molecule has 6 rings (SSSR count). The molecule has 0 spiro atoms. The summed E-state index contributed by atoms with van der Waals surface area (Å²) < 4.78 is 0.976. The Morgan fingerprint density at radius 2 is 0.811 bits per heavy atom. The maximum atomic E-state index is 4.96. The van der Waals surface area contributed by atoms with E-state index in [4.69, 9.17) is 9.97 Å². The smallest absolute Gasteiger partial charge is 0.160 e. The second-order valence-corrected chi connectivity index (χ2v) is 9.39. The van der Waals surface area contributed by atoms with Gasteiger partial charge in [0.05, 0.1) is 11.4 Å². The zero-order chi connectivity index (χ0) is 25.0. The molecule has 0 N–H and O–H groups in total. The molecule has 5 nitrogen and oxygen atoms in total. The van der Waals surface area contributed by atoms with Crippen molar-refractivity contribution in [3.63, 3.8) is 0 Å². The summed E-state index contributed by atoms with van der Waals surface area (Å²) in [5.74, 6) is 0.651. The molecule has 4 aromatic heterocycles. The SMILES string of the molecule is Brc1cc(-c2ccncc2)cc(-c2cc(-c3ccc(-c4ccncc4)cc3)nc(-c3ccncc3)n2)c1. The largest absolute Gasteiger partial charge is 0.265 e. The minimum Gasteiger partial charge on any atom is -0.265 e. The summed E-state index contributed by atoms with van der Waals surface area (Å²) in [6.07, 6.45) is 10.7. The Balaban J connectivity index is 1.47. The molecule has 0 unspecified atom stereocenters. The van der Waals surface area contributed by atoms with Gasteiger partial charge in [-0.05, 0) is 82.9 Å². The lowest BCUT2D eigenvalue weighted by atomic mass is 10.0. The number of aromatic nitrogens is 5. The zero-order valence-corrected chi connectivity index (χ0v) is 21.2. The molecule has 0 fully saturated rings. The first-order valence-electron chi connectivity index (χ1n) is 11.7. The Labute approximate surface area is 223 Å². The monoisotopic (exact) mass is 541 g/mol. The minimum absolute atomic E-state index is 0.651. The molecule has 176 valence electrons. The van der Waals surface area contributed by atoms with E-state index in [0.717, 1.165) is 54.8 Å². The van der Waals surface area contributed by atoms with Gasteiger partial charge in [0.2, 0.25) is 0 Å². The molecule has 0 aliphatic heterocycles. The fraction of sp³-hybridized carbons (Fsp3) is 0. The molecular formula is C31H20BrN5. The van der Waals surface area contributed by atoms with Crippen LogP contribution >= 0.6 is 15.9 Å². The van der Waals surface area contributed by atoms with E-state index in [9.17, 15) is 0 Å². The molecule has 0 saturated heterocycles. The van der Waals surface area contributed by atoms with Crippen LogP contribution in [0.5, 0.6) is 0 Å². The van der Waals surface area contributed by atoms with Gasteiger partial charge < -0.3 is 0 Å². The molecule has 0 aliphatic rings. The lowest BCUT2D eigenvalue weighted by Gasteiger charge is -2.12. The topological polar surface area (TPSA) is 64.5 Å². The van der Waals surface area contributed by atoms with Crippen molar-refractivity contribution in [3.05, 3.63) is 127 Å². The summed E-state index contributed by atoms with van der Waals surface area (Å²) in [7, 11) is 0. The number of rotatable bonds is 5. The highest BCUT2D eigenvalue weighted by atomic mass is 79.9. The maximum absolute atomic E-state index is 4.96. The predicted molar refractivity (Wildman–Crippen MR) is 150 cm³/mol. The summed E-state index contributed by atoms with van der Waals surface area (Å²) in [5.41, 5.74) is 9.04. The Bertz CT molecular complexity index is 1660. The average molecular weight is 542 g/mol. The van der Waals surface area contributed by atoms with Crippen LogP contribution < -0.4 is 0 Å². The maximum Gasteiger partial charge on any atom is 0.160 e. The molecule has 0 atom stereocenters. The molecular weight excluding hydrogens is 522 g/mol. The van der Waals surface area contributed by atoms with Gasteiger partial charge in [-0.2, -0.15) is 0 Å². The van der Waals surface area contributed by atoms with Gasteiger partial charge in [-0.15, -0.1) is 0 Å². The van der Waals surface area contributed by atoms with Crippen molar-refractivity contribution in [1.29, 1.82) is 0 Å². The van der Waals surface area contributed by atoms with Crippen LogP contribution in [0.4, 0.5) is 0 Å². The lowest BCUT2D eigenvalue weighted by molar-refractivity contribution is 1.17.